The number of benzene rings is 1. The predicted molar refractivity (Wildman–Crippen MR) is 72.1 cm³/mol. The molecule has 1 aromatic heterocycles. The minimum absolute atomic E-state index is 0.347. The molecule has 0 saturated carbocycles. The topological polar surface area (TPSA) is 67.2 Å². The molecule has 0 radical (unpaired) electrons. The molecule has 94 valence electrons. The number of amides is 2. The Morgan fingerprint density at radius 2 is 2.00 bits per heavy atom. The highest BCUT2D eigenvalue weighted by Gasteiger charge is 2.05. The van der Waals surface area contributed by atoms with E-state index in [1.807, 2.05) is 30.5 Å². The second-order valence-corrected chi connectivity index (χ2v) is 4.51. The molecule has 0 aliphatic carbocycles. The first-order chi connectivity index (χ1) is 8.67. The summed E-state index contributed by atoms with van der Waals surface area (Å²) in [4.78, 5) is 12.8. The smallest absolute Gasteiger partial charge is 0.324 e. The number of hydrogen-bond donors (Lipinski definition) is 2. The van der Waals surface area contributed by atoms with Gasteiger partial charge in [0.2, 0.25) is 0 Å². The molecule has 1 aromatic carbocycles. The van der Waals surface area contributed by atoms with Crippen molar-refractivity contribution in [1.82, 2.24) is 5.16 Å². The third kappa shape index (κ3) is 3.27. The van der Waals surface area contributed by atoms with Crippen molar-refractivity contribution in [3.8, 4) is 0 Å². The molecule has 2 rings (SSSR count). The molecule has 2 aromatic rings. The lowest BCUT2D eigenvalue weighted by molar-refractivity contribution is 0.262. The van der Waals surface area contributed by atoms with E-state index in [4.69, 9.17) is 4.52 Å². The summed E-state index contributed by atoms with van der Waals surface area (Å²) in [5.41, 5.74) is 0.727. The molecule has 0 saturated heterocycles. The fraction of sp³-hybridized carbons (Fsp3) is 0.167. The second-order valence-electron chi connectivity index (χ2n) is 3.63. The molecule has 2 N–H and O–H groups in total. The van der Waals surface area contributed by atoms with E-state index in [0.29, 0.717) is 11.6 Å². The van der Waals surface area contributed by atoms with Gasteiger partial charge in [0.05, 0.1) is 0 Å². The van der Waals surface area contributed by atoms with E-state index < -0.39 is 0 Å². The van der Waals surface area contributed by atoms with Gasteiger partial charge in [0.1, 0.15) is 5.76 Å². The van der Waals surface area contributed by atoms with E-state index in [1.54, 1.807) is 24.8 Å². The molecule has 5 nitrogen and oxygen atoms in total. The van der Waals surface area contributed by atoms with Gasteiger partial charge >= 0.3 is 6.03 Å². The van der Waals surface area contributed by atoms with Gasteiger partial charge in [-0.2, -0.15) is 0 Å². The van der Waals surface area contributed by atoms with Crippen LogP contribution in [-0.4, -0.2) is 17.4 Å². The first-order valence-electron chi connectivity index (χ1n) is 5.33. The van der Waals surface area contributed by atoms with Crippen LogP contribution in [-0.2, 0) is 0 Å². The number of thioether (sulfide) groups is 1. The quantitative estimate of drug-likeness (QED) is 0.833. The van der Waals surface area contributed by atoms with Crippen LogP contribution in [0.5, 0.6) is 0 Å². The largest absolute Gasteiger partial charge is 0.360 e. The lowest BCUT2D eigenvalue weighted by atomic mass is 10.3. The van der Waals surface area contributed by atoms with E-state index >= 15 is 0 Å². The minimum Gasteiger partial charge on any atom is -0.360 e. The molecule has 0 atom stereocenters. The van der Waals surface area contributed by atoms with Crippen molar-refractivity contribution in [2.45, 2.75) is 11.8 Å². The number of aromatic nitrogens is 1. The van der Waals surface area contributed by atoms with E-state index in [2.05, 4.69) is 15.8 Å². The highest BCUT2D eigenvalue weighted by Crippen LogP contribution is 2.17. The Balaban J connectivity index is 1.94. The third-order valence-electron chi connectivity index (χ3n) is 2.22. The molecule has 0 aliphatic heterocycles. The maximum Gasteiger partial charge on any atom is 0.324 e. The monoisotopic (exact) mass is 263 g/mol. The summed E-state index contributed by atoms with van der Waals surface area (Å²) in [6.07, 6.45) is 2.00. The summed E-state index contributed by atoms with van der Waals surface area (Å²) in [6.45, 7) is 1.76. The van der Waals surface area contributed by atoms with Crippen molar-refractivity contribution in [1.29, 1.82) is 0 Å². The maximum atomic E-state index is 11.6. The Labute approximate surface area is 109 Å². The van der Waals surface area contributed by atoms with Gasteiger partial charge in [-0.05, 0) is 37.4 Å². The molecule has 0 bridgehead atoms. The van der Waals surface area contributed by atoms with Crippen molar-refractivity contribution in [2.75, 3.05) is 16.9 Å². The lowest BCUT2D eigenvalue weighted by Crippen LogP contribution is -2.19. The van der Waals surface area contributed by atoms with Crippen LogP contribution >= 0.6 is 11.8 Å². The van der Waals surface area contributed by atoms with Gasteiger partial charge in [0, 0.05) is 16.6 Å². The van der Waals surface area contributed by atoms with Gasteiger partial charge in [-0.25, -0.2) is 4.79 Å². The molecule has 1 heterocycles. The number of carbonyl (C=O) groups excluding carboxylic acids is 1. The van der Waals surface area contributed by atoms with Crippen LogP contribution in [0, 0.1) is 6.92 Å². The second kappa shape index (κ2) is 5.59. The zero-order chi connectivity index (χ0) is 13.0. The molecular formula is C12H13N3O2S. The molecule has 2 amide bonds. The Kier molecular flexibility index (Phi) is 3.88. The highest BCUT2D eigenvalue weighted by molar-refractivity contribution is 7.98. The molecule has 6 heteroatoms. The van der Waals surface area contributed by atoms with Gasteiger partial charge in [0.15, 0.2) is 5.82 Å². The number of hydrogen-bond acceptors (Lipinski definition) is 4. The number of anilines is 2. The number of rotatable bonds is 3. The molecule has 0 aliphatic rings. The van der Waals surface area contributed by atoms with Gasteiger partial charge in [0.25, 0.3) is 0 Å². The van der Waals surface area contributed by atoms with Crippen LogP contribution in [0.1, 0.15) is 5.76 Å². The number of nitrogens with zero attached hydrogens (tertiary/aromatic N) is 1. The lowest BCUT2D eigenvalue weighted by Gasteiger charge is -2.05. The van der Waals surface area contributed by atoms with E-state index in [1.165, 1.54) is 0 Å². The van der Waals surface area contributed by atoms with Crippen molar-refractivity contribution >= 4 is 29.3 Å². The average Bonchev–Trinajstić information content (AvgIpc) is 2.75. The van der Waals surface area contributed by atoms with Crippen LogP contribution in [0.4, 0.5) is 16.3 Å². The molecule has 0 spiro atoms. The van der Waals surface area contributed by atoms with Crippen LogP contribution in [0.15, 0.2) is 39.8 Å². The van der Waals surface area contributed by atoms with Crippen LogP contribution in [0.3, 0.4) is 0 Å². The summed E-state index contributed by atoms with van der Waals surface area (Å²) < 4.78 is 4.85. The Hall–Kier alpha value is -1.95. The highest BCUT2D eigenvalue weighted by atomic mass is 32.2. The standard InChI is InChI=1S/C12H13N3O2S/c1-8-7-11(15-17-8)14-12(16)13-9-3-5-10(18-2)6-4-9/h3-7H,1-2H3,(H2,13,14,15,16). The molecule has 0 unspecified atom stereocenters. The zero-order valence-electron chi connectivity index (χ0n) is 10.1. The van der Waals surface area contributed by atoms with E-state index in [-0.39, 0.29) is 6.03 Å². The summed E-state index contributed by atoms with van der Waals surface area (Å²) >= 11 is 1.65. The zero-order valence-corrected chi connectivity index (χ0v) is 10.9. The van der Waals surface area contributed by atoms with Crippen molar-refractivity contribution in [2.24, 2.45) is 0 Å². The van der Waals surface area contributed by atoms with Crippen LogP contribution in [0.2, 0.25) is 0 Å². The number of nitrogens with one attached hydrogen (secondary N) is 2. The van der Waals surface area contributed by atoms with Crippen molar-refractivity contribution in [3.63, 3.8) is 0 Å². The van der Waals surface area contributed by atoms with Gasteiger partial charge < -0.3 is 9.84 Å². The summed E-state index contributed by atoms with van der Waals surface area (Å²) in [5, 5.41) is 8.96. The van der Waals surface area contributed by atoms with Crippen molar-refractivity contribution in [3.05, 3.63) is 36.1 Å². The molecular weight excluding hydrogens is 250 g/mol. The van der Waals surface area contributed by atoms with Crippen LogP contribution < -0.4 is 10.6 Å². The predicted octanol–water partition coefficient (Wildman–Crippen LogP) is 3.35. The fourth-order valence-electron chi connectivity index (χ4n) is 1.38. The van der Waals surface area contributed by atoms with Crippen molar-refractivity contribution < 1.29 is 9.32 Å². The Morgan fingerprint density at radius 3 is 2.56 bits per heavy atom. The molecule has 0 fully saturated rings. The van der Waals surface area contributed by atoms with Crippen LogP contribution in [0.25, 0.3) is 0 Å². The number of aryl methyl sites for hydroxylation is 1. The summed E-state index contributed by atoms with van der Waals surface area (Å²) in [7, 11) is 0. The average molecular weight is 263 g/mol. The van der Waals surface area contributed by atoms with E-state index in [9.17, 15) is 4.79 Å². The van der Waals surface area contributed by atoms with Gasteiger partial charge in [-0.1, -0.05) is 5.16 Å². The Morgan fingerprint density at radius 1 is 1.28 bits per heavy atom. The van der Waals surface area contributed by atoms with E-state index in [0.717, 1.165) is 10.6 Å². The first-order valence-corrected chi connectivity index (χ1v) is 6.55. The Bertz CT molecular complexity index is 537. The normalized spacial score (nSPS) is 10.1. The third-order valence-corrected chi connectivity index (χ3v) is 2.96. The number of urea groups is 1. The number of carbonyl (C=O) groups is 1. The fourth-order valence-corrected chi connectivity index (χ4v) is 1.79. The van der Waals surface area contributed by atoms with Gasteiger partial charge in [-0.3, -0.25) is 5.32 Å². The SMILES string of the molecule is CSc1ccc(NC(=O)Nc2cc(C)on2)cc1. The summed E-state index contributed by atoms with van der Waals surface area (Å²) in [6, 6.07) is 8.89. The first kappa shape index (κ1) is 12.5. The summed E-state index contributed by atoms with van der Waals surface area (Å²) in [5.74, 6) is 1.04. The maximum absolute atomic E-state index is 11.6. The van der Waals surface area contributed by atoms with Gasteiger partial charge in [-0.15, -0.1) is 11.8 Å². The minimum atomic E-state index is -0.347. The molecule has 18 heavy (non-hydrogen) atoms.